The van der Waals surface area contributed by atoms with Crippen molar-refractivity contribution in [2.24, 2.45) is 0 Å². The van der Waals surface area contributed by atoms with Gasteiger partial charge < -0.3 is 0 Å². The van der Waals surface area contributed by atoms with E-state index in [4.69, 9.17) is 0 Å². The van der Waals surface area contributed by atoms with Gasteiger partial charge in [0.2, 0.25) is 11.9 Å². The number of hydrogen-bond acceptors (Lipinski definition) is 7. The first-order valence-electron chi connectivity index (χ1n) is 9.12. The number of halogens is 2. The van der Waals surface area contributed by atoms with Crippen LogP contribution in [-0.2, 0) is 5.41 Å². The van der Waals surface area contributed by atoms with E-state index in [1.54, 1.807) is 12.1 Å². The van der Waals surface area contributed by atoms with Crippen LogP contribution in [0.4, 0.5) is 20.7 Å². The topological polar surface area (TPSA) is 105 Å². The molecular weight excluding hydrogens is 390 g/mol. The molecule has 0 atom stereocenters. The minimum Gasteiger partial charge on any atom is -0.290 e. The Balaban J connectivity index is 1.80. The van der Waals surface area contributed by atoms with Crippen molar-refractivity contribution < 1.29 is 8.78 Å². The molecule has 0 radical (unpaired) electrons. The van der Waals surface area contributed by atoms with Crippen LogP contribution < -0.4 is 5.32 Å². The van der Waals surface area contributed by atoms with Crippen LogP contribution in [0.3, 0.4) is 0 Å². The molecule has 0 aliphatic heterocycles. The average molecular weight is 408 g/mol. The van der Waals surface area contributed by atoms with Gasteiger partial charge in [-0.25, -0.2) is 13.8 Å². The Labute approximate surface area is 170 Å². The van der Waals surface area contributed by atoms with Gasteiger partial charge in [0.25, 0.3) is 0 Å². The number of nitrogens with one attached hydrogen (secondary N) is 2. The molecule has 0 saturated carbocycles. The Bertz CT molecular complexity index is 1200. The van der Waals surface area contributed by atoms with Crippen molar-refractivity contribution in [3.63, 3.8) is 0 Å². The molecule has 0 fully saturated rings. The molecule has 0 aliphatic carbocycles. The van der Waals surface area contributed by atoms with Crippen LogP contribution in [0, 0.1) is 11.6 Å². The highest BCUT2D eigenvalue weighted by Crippen LogP contribution is 2.32. The van der Waals surface area contributed by atoms with Crippen molar-refractivity contribution in [1.82, 2.24) is 35.3 Å². The van der Waals surface area contributed by atoms with E-state index in [0.29, 0.717) is 5.82 Å². The van der Waals surface area contributed by atoms with Gasteiger partial charge in [0, 0.05) is 22.7 Å². The second-order valence-corrected chi connectivity index (χ2v) is 7.55. The summed E-state index contributed by atoms with van der Waals surface area (Å²) in [5, 5.41) is 17.9. The fourth-order valence-electron chi connectivity index (χ4n) is 2.72. The summed E-state index contributed by atoms with van der Waals surface area (Å²) in [5.74, 6) is -0.180. The summed E-state index contributed by atoms with van der Waals surface area (Å²) in [7, 11) is 0. The zero-order valence-electron chi connectivity index (χ0n) is 16.5. The number of aromatic amines is 1. The third-order valence-corrected chi connectivity index (χ3v) is 4.26. The van der Waals surface area contributed by atoms with E-state index in [-0.39, 0.29) is 39.8 Å². The zero-order valence-corrected chi connectivity index (χ0v) is 16.5. The summed E-state index contributed by atoms with van der Waals surface area (Å²) in [4.78, 5) is 12.5. The molecule has 30 heavy (non-hydrogen) atoms. The van der Waals surface area contributed by atoms with Crippen LogP contribution in [0.15, 0.2) is 42.7 Å². The molecule has 0 saturated heterocycles. The SMILES string of the molecule is CC(C)(C)c1nc(Nc2nnc(-c3ccncc3F)c(-c3ccccc3F)n2)n[nH]1. The minimum atomic E-state index is -0.615. The second kappa shape index (κ2) is 7.54. The lowest BCUT2D eigenvalue weighted by Crippen LogP contribution is -2.13. The third kappa shape index (κ3) is 3.84. The van der Waals surface area contributed by atoms with Crippen molar-refractivity contribution >= 4 is 11.9 Å². The smallest absolute Gasteiger partial charge is 0.250 e. The Hall–Kier alpha value is -3.82. The van der Waals surface area contributed by atoms with Gasteiger partial charge in [-0.2, -0.15) is 4.98 Å². The first-order chi connectivity index (χ1) is 14.3. The number of H-pyrrole nitrogens is 1. The Morgan fingerprint density at radius 3 is 2.33 bits per heavy atom. The highest BCUT2D eigenvalue weighted by atomic mass is 19.1. The minimum absolute atomic E-state index is 0.0472. The van der Waals surface area contributed by atoms with Crippen molar-refractivity contribution in [3.05, 3.63) is 60.2 Å². The van der Waals surface area contributed by atoms with Crippen molar-refractivity contribution in [3.8, 4) is 22.5 Å². The van der Waals surface area contributed by atoms with Crippen LogP contribution in [0.1, 0.15) is 26.6 Å². The van der Waals surface area contributed by atoms with E-state index < -0.39 is 11.6 Å². The van der Waals surface area contributed by atoms with E-state index in [1.165, 1.54) is 24.4 Å². The van der Waals surface area contributed by atoms with Crippen LogP contribution >= 0.6 is 0 Å². The standard InChI is InChI=1S/C20H18F2N8/c1-20(2,3)17-25-19(30-28-17)26-18-24-15(11-6-4-5-7-13(11)21)16(27-29-18)12-8-9-23-10-14(12)22/h4-10H,1-3H3,(H2,24,25,26,28,29,30). The number of pyridine rings is 1. The highest BCUT2D eigenvalue weighted by Gasteiger charge is 2.21. The van der Waals surface area contributed by atoms with E-state index in [9.17, 15) is 8.78 Å². The maximum Gasteiger partial charge on any atom is 0.250 e. The summed E-state index contributed by atoms with van der Waals surface area (Å²) in [6.45, 7) is 5.97. The molecule has 0 amide bonds. The van der Waals surface area contributed by atoms with Crippen LogP contribution in [-0.4, -0.2) is 35.3 Å². The van der Waals surface area contributed by atoms with Crippen molar-refractivity contribution in [2.45, 2.75) is 26.2 Å². The monoisotopic (exact) mass is 408 g/mol. The van der Waals surface area contributed by atoms with Crippen molar-refractivity contribution in [1.29, 1.82) is 0 Å². The van der Waals surface area contributed by atoms with Crippen LogP contribution in [0.5, 0.6) is 0 Å². The maximum absolute atomic E-state index is 14.5. The number of hydrogen-bond donors (Lipinski definition) is 2. The van der Waals surface area contributed by atoms with Gasteiger partial charge in [-0.15, -0.1) is 15.3 Å². The number of nitrogens with zero attached hydrogens (tertiary/aromatic N) is 6. The van der Waals surface area contributed by atoms with Gasteiger partial charge in [-0.3, -0.25) is 15.4 Å². The quantitative estimate of drug-likeness (QED) is 0.525. The normalized spacial score (nSPS) is 11.5. The molecule has 0 unspecified atom stereocenters. The molecule has 3 heterocycles. The third-order valence-electron chi connectivity index (χ3n) is 4.26. The molecule has 2 N–H and O–H groups in total. The first kappa shape index (κ1) is 19.5. The predicted molar refractivity (Wildman–Crippen MR) is 107 cm³/mol. The number of rotatable bonds is 4. The molecule has 10 heteroatoms. The molecule has 4 rings (SSSR count). The lowest BCUT2D eigenvalue weighted by molar-refractivity contribution is 0.548. The zero-order chi connectivity index (χ0) is 21.3. The largest absolute Gasteiger partial charge is 0.290 e. The fourth-order valence-corrected chi connectivity index (χ4v) is 2.72. The van der Waals surface area contributed by atoms with E-state index in [0.717, 1.165) is 6.20 Å². The Morgan fingerprint density at radius 1 is 0.867 bits per heavy atom. The fraction of sp³-hybridized carbons (Fsp3) is 0.200. The van der Waals surface area contributed by atoms with Crippen LogP contribution in [0.2, 0.25) is 0 Å². The number of benzene rings is 1. The van der Waals surface area contributed by atoms with Gasteiger partial charge in [0.05, 0.1) is 6.20 Å². The predicted octanol–water partition coefficient (Wildman–Crippen LogP) is 4.04. The van der Waals surface area contributed by atoms with Gasteiger partial charge in [0.1, 0.15) is 23.0 Å². The molecule has 4 aromatic rings. The van der Waals surface area contributed by atoms with Crippen molar-refractivity contribution in [2.75, 3.05) is 5.32 Å². The molecule has 0 spiro atoms. The molecule has 0 bridgehead atoms. The summed E-state index contributed by atoms with van der Waals surface area (Å²) in [6.07, 6.45) is 2.47. The average Bonchev–Trinajstić information content (AvgIpc) is 3.18. The molecule has 3 aromatic heterocycles. The van der Waals surface area contributed by atoms with Gasteiger partial charge in [-0.05, 0) is 18.2 Å². The van der Waals surface area contributed by atoms with Gasteiger partial charge in [0.15, 0.2) is 5.82 Å². The molecule has 152 valence electrons. The first-order valence-corrected chi connectivity index (χ1v) is 9.12. The summed E-state index contributed by atoms with van der Waals surface area (Å²) in [6, 6.07) is 7.48. The van der Waals surface area contributed by atoms with Gasteiger partial charge >= 0.3 is 0 Å². The van der Waals surface area contributed by atoms with E-state index in [1.807, 2.05) is 20.8 Å². The van der Waals surface area contributed by atoms with E-state index >= 15 is 0 Å². The van der Waals surface area contributed by atoms with Crippen LogP contribution in [0.25, 0.3) is 22.5 Å². The highest BCUT2D eigenvalue weighted by molar-refractivity contribution is 5.78. The lowest BCUT2D eigenvalue weighted by Gasteiger charge is -2.13. The van der Waals surface area contributed by atoms with E-state index in [2.05, 4.69) is 40.7 Å². The molecule has 0 aliphatic rings. The molecule has 1 aromatic carbocycles. The van der Waals surface area contributed by atoms with Gasteiger partial charge in [-0.1, -0.05) is 32.9 Å². The number of anilines is 2. The lowest BCUT2D eigenvalue weighted by atomic mass is 9.96. The maximum atomic E-state index is 14.5. The molecule has 8 nitrogen and oxygen atoms in total. The Kier molecular flexibility index (Phi) is 4.90. The summed E-state index contributed by atoms with van der Waals surface area (Å²) < 4.78 is 28.9. The Morgan fingerprint density at radius 2 is 1.63 bits per heavy atom. The second-order valence-electron chi connectivity index (χ2n) is 7.55. The summed E-state index contributed by atoms with van der Waals surface area (Å²) >= 11 is 0. The molecular formula is C20H18F2N8. The number of aromatic nitrogens is 7. The summed E-state index contributed by atoms with van der Waals surface area (Å²) in [5.41, 5.74) is 0.264.